The van der Waals surface area contributed by atoms with Crippen LogP contribution in [0.4, 0.5) is 5.69 Å². The molecule has 31 heavy (non-hydrogen) atoms. The summed E-state index contributed by atoms with van der Waals surface area (Å²) in [6.45, 7) is -0.696. The lowest BCUT2D eigenvalue weighted by molar-refractivity contribution is -0.147. The van der Waals surface area contributed by atoms with Crippen LogP contribution in [-0.4, -0.2) is 27.6 Å². The van der Waals surface area contributed by atoms with Gasteiger partial charge in [-0.05, 0) is 35.4 Å². The molecule has 0 aliphatic carbocycles. The Balaban J connectivity index is 1.34. The monoisotopic (exact) mass is 415 g/mol. The number of fused-ring (bicyclic) bond motifs is 1. The lowest BCUT2D eigenvalue weighted by atomic mass is 10.1. The molecule has 4 rings (SSSR count). The second-order valence-corrected chi connectivity index (χ2v) is 7.07. The predicted molar refractivity (Wildman–Crippen MR) is 119 cm³/mol. The van der Waals surface area contributed by atoms with Crippen LogP contribution in [0.1, 0.15) is 0 Å². The van der Waals surface area contributed by atoms with E-state index in [0.29, 0.717) is 11.2 Å². The molecule has 0 bridgehead atoms. The van der Waals surface area contributed by atoms with E-state index < -0.39 is 18.5 Å². The molecule has 0 saturated heterocycles. The summed E-state index contributed by atoms with van der Waals surface area (Å²) in [6, 6.07) is 24.5. The first kappa shape index (κ1) is 20.2. The summed E-state index contributed by atoms with van der Waals surface area (Å²) in [6.07, 6.45) is 0. The number of para-hydroxylation sites is 2. The number of amides is 1. The van der Waals surface area contributed by atoms with Crippen LogP contribution in [0.25, 0.3) is 22.2 Å². The Bertz CT molecular complexity index is 1290. The van der Waals surface area contributed by atoms with Crippen LogP contribution in [0.5, 0.6) is 0 Å². The van der Waals surface area contributed by atoms with E-state index in [2.05, 4.69) is 5.32 Å². The topological polar surface area (TPSA) is 82.3 Å². The lowest BCUT2D eigenvalue weighted by Gasteiger charge is -2.08. The molecule has 7 heteroatoms. The summed E-state index contributed by atoms with van der Waals surface area (Å²) in [5, 5.41) is 2.70. The Kier molecular flexibility index (Phi) is 5.66. The molecule has 0 atom stereocenters. The highest BCUT2D eigenvalue weighted by Gasteiger charge is 2.15. The van der Waals surface area contributed by atoms with Crippen molar-refractivity contribution in [3.63, 3.8) is 0 Å². The Morgan fingerprint density at radius 1 is 0.839 bits per heavy atom. The zero-order valence-electron chi connectivity index (χ0n) is 16.9. The van der Waals surface area contributed by atoms with E-state index in [1.54, 1.807) is 37.4 Å². The smallest absolute Gasteiger partial charge is 0.329 e. The van der Waals surface area contributed by atoms with Crippen LogP contribution in [0.3, 0.4) is 0 Å². The summed E-state index contributed by atoms with van der Waals surface area (Å²) in [5.74, 6) is -1.11. The normalized spacial score (nSPS) is 10.7. The number of carbonyl (C=O) groups excluding carboxylic acids is 2. The Hall–Kier alpha value is -4.13. The number of hydrogen-bond acceptors (Lipinski definition) is 4. The van der Waals surface area contributed by atoms with Gasteiger partial charge in [0.05, 0.1) is 11.0 Å². The van der Waals surface area contributed by atoms with Gasteiger partial charge in [0.1, 0.15) is 6.54 Å². The minimum absolute atomic E-state index is 0.265. The van der Waals surface area contributed by atoms with Crippen molar-refractivity contribution in [1.29, 1.82) is 0 Å². The third-order valence-electron chi connectivity index (χ3n) is 4.98. The third kappa shape index (κ3) is 4.40. The largest absolute Gasteiger partial charge is 0.454 e. The molecule has 156 valence electrons. The molecule has 3 aromatic carbocycles. The number of imidazole rings is 1. The number of esters is 1. The van der Waals surface area contributed by atoms with E-state index in [1.807, 2.05) is 48.5 Å². The maximum Gasteiger partial charge on any atom is 0.329 e. The summed E-state index contributed by atoms with van der Waals surface area (Å²) in [4.78, 5) is 36.7. The number of carbonyl (C=O) groups is 2. The first-order valence-electron chi connectivity index (χ1n) is 9.78. The van der Waals surface area contributed by atoms with E-state index in [9.17, 15) is 14.4 Å². The number of ether oxygens (including phenoxy) is 1. The van der Waals surface area contributed by atoms with Gasteiger partial charge in [0.2, 0.25) is 0 Å². The van der Waals surface area contributed by atoms with Gasteiger partial charge >= 0.3 is 11.7 Å². The molecule has 4 aromatic rings. The maximum atomic E-state index is 12.4. The maximum absolute atomic E-state index is 12.4. The average Bonchev–Trinajstić information content (AvgIpc) is 3.04. The van der Waals surface area contributed by atoms with Crippen molar-refractivity contribution in [2.45, 2.75) is 6.54 Å². The molecule has 0 aliphatic rings. The number of aryl methyl sites for hydroxylation is 1. The van der Waals surface area contributed by atoms with Crippen molar-refractivity contribution in [2.75, 3.05) is 11.9 Å². The van der Waals surface area contributed by atoms with E-state index in [-0.39, 0.29) is 12.2 Å². The number of benzene rings is 3. The highest BCUT2D eigenvalue weighted by Crippen LogP contribution is 2.21. The van der Waals surface area contributed by atoms with Crippen LogP contribution in [0.2, 0.25) is 0 Å². The summed E-state index contributed by atoms with van der Waals surface area (Å²) in [5.41, 5.74) is 3.75. The SMILES string of the molecule is Cn1c(=O)n(CC(=O)OCC(=O)Nc2ccc(-c3ccccc3)cc2)c2ccccc21. The third-order valence-corrected chi connectivity index (χ3v) is 4.98. The second-order valence-electron chi connectivity index (χ2n) is 7.07. The molecule has 0 radical (unpaired) electrons. The van der Waals surface area contributed by atoms with Crippen molar-refractivity contribution in [3.05, 3.63) is 89.3 Å². The fourth-order valence-corrected chi connectivity index (χ4v) is 3.41. The molecule has 0 aliphatic heterocycles. The highest BCUT2D eigenvalue weighted by atomic mass is 16.5. The van der Waals surface area contributed by atoms with E-state index in [4.69, 9.17) is 4.74 Å². The first-order chi connectivity index (χ1) is 15.0. The van der Waals surface area contributed by atoms with Crippen LogP contribution in [-0.2, 0) is 27.9 Å². The van der Waals surface area contributed by atoms with E-state index in [1.165, 1.54) is 9.13 Å². The number of nitrogens with zero attached hydrogens (tertiary/aromatic N) is 2. The predicted octanol–water partition coefficient (Wildman–Crippen LogP) is 3.19. The van der Waals surface area contributed by atoms with Gasteiger partial charge in [-0.25, -0.2) is 4.79 Å². The van der Waals surface area contributed by atoms with Crippen LogP contribution in [0.15, 0.2) is 83.7 Å². The van der Waals surface area contributed by atoms with Gasteiger partial charge in [-0.2, -0.15) is 0 Å². The van der Waals surface area contributed by atoms with Gasteiger partial charge in [0, 0.05) is 12.7 Å². The molecule has 1 heterocycles. The van der Waals surface area contributed by atoms with Crippen molar-refractivity contribution < 1.29 is 14.3 Å². The molecule has 0 saturated carbocycles. The Morgan fingerprint density at radius 3 is 2.16 bits per heavy atom. The van der Waals surface area contributed by atoms with Gasteiger partial charge in [-0.1, -0.05) is 54.6 Å². The number of hydrogen-bond donors (Lipinski definition) is 1. The quantitative estimate of drug-likeness (QED) is 0.491. The molecule has 1 amide bonds. The fraction of sp³-hybridized carbons (Fsp3) is 0.125. The molecule has 1 aromatic heterocycles. The van der Waals surface area contributed by atoms with Crippen LogP contribution < -0.4 is 11.0 Å². The standard InChI is InChI=1S/C24H21N3O4/c1-26-20-9-5-6-10-21(20)27(24(26)30)15-23(29)31-16-22(28)25-19-13-11-18(12-14-19)17-7-3-2-4-8-17/h2-14H,15-16H2,1H3,(H,25,28). The molecule has 0 spiro atoms. The zero-order valence-corrected chi connectivity index (χ0v) is 16.9. The van der Waals surface area contributed by atoms with Gasteiger partial charge < -0.3 is 10.1 Å². The average molecular weight is 415 g/mol. The minimum Gasteiger partial charge on any atom is -0.454 e. The molecule has 1 N–H and O–H groups in total. The van der Waals surface area contributed by atoms with Crippen molar-refractivity contribution in [2.24, 2.45) is 7.05 Å². The summed E-state index contributed by atoms with van der Waals surface area (Å²) < 4.78 is 7.86. The number of rotatable bonds is 6. The number of nitrogens with one attached hydrogen (secondary N) is 1. The Labute approximate surface area is 178 Å². The van der Waals surface area contributed by atoms with E-state index in [0.717, 1.165) is 16.6 Å². The lowest BCUT2D eigenvalue weighted by Crippen LogP contribution is -2.28. The molecular formula is C24H21N3O4. The summed E-state index contributed by atoms with van der Waals surface area (Å²) in [7, 11) is 1.64. The van der Waals surface area contributed by atoms with E-state index >= 15 is 0 Å². The minimum atomic E-state index is -0.659. The van der Waals surface area contributed by atoms with Gasteiger partial charge in [0.25, 0.3) is 5.91 Å². The Morgan fingerprint density at radius 2 is 1.45 bits per heavy atom. The molecule has 0 unspecified atom stereocenters. The van der Waals surface area contributed by atoms with Gasteiger partial charge in [-0.3, -0.25) is 18.7 Å². The number of anilines is 1. The summed E-state index contributed by atoms with van der Waals surface area (Å²) >= 11 is 0. The van der Waals surface area contributed by atoms with Crippen molar-refractivity contribution in [3.8, 4) is 11.1 Å². The second kappa shape index (κ2) is 8.71. The molecule has 0 fully saturated rings. The van der Waals surface area contributed by atoms with Gasteiger partial charge in [-0.15, -0.1) is 0 Å². The fourth-order valence-electron chi connectivity index (χ4n) is 3.41. The first-order valence-corrected chi connectivity index (χ1v) is 9.78. The van der Waals surface area contributed by atoms with Crippen LogP contribution in [0, 0.1) is 0 Å². The highest BCUT2D eigenvalue weighted by molar-refractivity contribution is 5.93. The van der Waals surface area contributed by atoms with Gasteiger partial charge in [0.15, 0.2) is 6.61 Å². The zero-order chi connectivity index (χ0) is 21.8. The molecular weight excluding hydrogens is 394 g/mol. The van der Waals surface area contributed by atoms with Crippen LogP contribution >= 0.6 is 0 Å². The van der Waals surface area contributed by atoms with Crippen molar-refractivity contribution >= 4 is 28.6 Å². The molecule has 7 nitrogen and oxygen atoms in total. The van der Waals surface area contributed by atoms with Crippen molar-refractivity contribution in [1.82, 2.24) is 9.13 Å². The number of aromatic nitrogens is 2.